The Morgan fingerprint density at radius 2 is 2.07 bits per heavy atom. The summed E-state index contributed by atoms with van der Waals surface area (Å²) >= 11 is 0. The first-order valence-electron chi connectivity index (χ1n) is 6.71. The number of rotatable bonds is 3. The predicted molar refractivity (Wildman–Crippen MR) is 65.1 cm³/mol. The van der Waals surface area contributed by atoms with Crippen LogP contribution in [-0.2, 0) is 0 Å². The van der Waals surface area contributed by atoms with Gasteiger partial charge in [0, 0.05) is 31.2 Å². The van der Waals surface area contributed by atoms with Crippen molar-refractivity contribution in [1.29, 1.82) is 0 Å². The highest BCUT2D eigenvalue weighted by molar-refractivity contribution is 4.93. The van der Waals surface area contributed by atoms with Crippen LogP contribution in [0.15, 0.2) is 0 Å². The Hall–Kier alpha value is -0.0800. The molecular weight excluding hydrogens is 184 g/mol. The van der Waals surface area contributed by atoms with E-state index in [-0.39, 0.29) is 0 Å². The van der Waals surface area contributed by atoms with Gasteiger partial charge in [0.05, 0.1) is 0 Å². The Morgan fingerprint density at radius 1 is 1.33 bits per heavy atom. The third-order valence-electron chi connectivity index (χ3n) is 4.28. The van der Waals surface area contributed by atoms with Gasteiger partial charge in [0.2, 0.25) is 0 Å². The van der Waals surface area contributed by atoms with Crippen LogP contribution in [0.25, 0.3) is 0 Å². The monoisotopic (exact) mass is 210 g/mol. The molecule has 88 valence electrons. The van der Waals surface area contributed by atoms with E-state index in [1.165, 1.54) is 38.8 Å². The normalized spacial score (nSPS) is 34.4. The summed E-state index contributed by atoms with van der Waals surface area (Å²) < 4.78 is 0. The lowest BCUT2D eigenvalue weighted by Gasteiger charge is -2.49. The Kier molecular flexibility index (Phi) is 3.68. The maximum atomic E-state index is 3.69. The molecule has 15 heavy (non-hydrogen) atoms. The molecule has 1 N–H and O–H groups in total. The molecule has 0 aromatic rings. The molecule has 0 aromatic carbocycles. The summed E-state index contributed by atoms with van der Waals surface area (Å²) in [4.78, 5) is 2.80. The van der Waals surface area contributed by atoms with Crippen molar-refractivity contribution in [2.24, 2.45) is 5.92 Å². The number of hydrogen-bond acceptors (Lipinski definition) is 2. The maximum absolute atomic E-state index is 3.69. The molecule has 2 aliphatic rings. The van der Waals surface area contributed by atoms with Gasteiger partial charge >= 0.3 is 0 Å². The van der Waals surface area contributed by atoms with Gasteiger partial charge in [-0.3, -0.25) is 4.90 Å². The van der Waals surface area contributed by atoms with Crippen LogP contribution in [0, 0.1) is 5.92 Å². The van der Waals surface area contributed by atoms with E-state index in [1.807, 2.05) is 0 Å². The van der Waals surface area contributed by atoms with Gasteiger partial charge in [0.1, 0.15) is 0 Å². The van der Waals surface area contributed by atoms with Gasteiger partial charge in [0.25, 0.3) is 0 Å². The molecule has 0 radical (unpaired) electrons. The number of nitrogens with zero attached hydrogens (tertiary/aromatic N) is 1. The molecule has 1 aliphatic carbocycles. The van der Waals surface area contributed by atoms with Crippen molar-refractivity contribution in [3.05, 3.63) is 0 Å². The first kappa shape index (κ1) is 11.4. The Balaban J connectivity index is 1.98. The first-order chi connectivity index (χ1) is 7.22. The van der Waals surface area contributed by atoms with E-state index in [4.69, 9.17) is 0 Å². The van der Waals surface area contributed by atoms with Crippen molar-refractivity contribution >= 4 is 0 Å². The van der Waals surface area contributed by atoms with Crippen LogP contribution < -0.4 is 5.32 Å². The lowest BCUT2D eigenvalue weighted by molar-refractivity contribution is 0.0214. The van der Waals surface area contributed by atoms with Crippen LogP contribution >= 0.6 is 0 Å². The van der Waals surface area contributed by atoms with Gasteiger partial charge < -0.3 is 5.32 Å². The second-order valence-corrected chi connectivity index (χ2v) is 5.61. The molecule has 1 aliphatic heterocycles. The van der Waals surface area contributed by atoms with Gasteiger partial charge in [-0.15, -0.1) is 0 Å². The Morgan fingerprint density at radius 3 is 2.53 bits per heavy atom. The van der Waals surface area contributed by atoms with Crippen LogP contribution in [0.3, 0.4) is 0 Å². The summed E-state index contributed by atoms with van der Waals surface area (Å²) in [5, 5.41) is 3.69. The summed E-state index contributed by atoms with van der Waals surface area (Å²) in [5.74, 6) is 0.788. The second-order valence-electron chi connectivity index (χ2n) is 5.61. The van der Waals surface area contributed by atoms with E-state index in [2.05, 4.69) is 31.0 Å². The molecule has 0 aromatic heterocycles. The summed E-state index contributed by atoms with van der Waals surface area (Å²) in [6, 6.07) is 2.42. The second kappa shape index (κ2) is 4.84. The van der Waals surface area contributed by atoms with Crippen molar-refractivity contribution < 1.29 is 0 Å². The summed E-state index contributed by atoms with van der Waals surface area (Å²) in [7, 11) is 0. The van der Waals surface area contributed by atoms with Gasteiger partial charge in [0.15, 0.2) is 0 Å². The zero-order chi connectivity index (χ0) is 10.8. The fourth-order valence-corrected chi connectivity index (χ4v) is 2.89. The van der Waals surface area contributed by atoms with Crippen molar-refractivity contribution in [3.63, 3.8) is 0 Å². The summed E-state index contributed by atoms with van der Waals surface area (Å²) in [6.07, 6.45) is 5.61. The number of nitrogens with one attached hydrogen (secondary N) is 1. The van der Waals surface area contributed by atoms with Crippen molar-refractivity contribution in [1.82, 2.24) is 10.2 Å². The fraction of sp³-hybridized carbons (Fsp3) is 1.00. The summed E-state index contributed by atoms with van der Waals surface area (Å²) in [6.45, 7) is 9.51. The van der Waals surface area contributed by atoms with Crippen LogP contribution in [0.4, 0.5) is 0 Å². The third kappa shape index (κ3) is 2.36. The van der Waals surface area contributed by atoms with Crippen LogP contribution in [0.2, 0.25) is 0 Å². The van der Waals surface area contributed by atoms with E-state index in [1.54, 1.807) is 0 Å². The smallest absolute Gasteiger partial charge is 0.0247 e. The SMILES string of the molecule is CCC1CN(C2CCC2)C(C(C)C)CN1. The molecule has 1 saturated heterocycles. The highest BCUT2D eigenvalue weighted by atomic mass is 15.3. The van der Waals surface area contributed by atoms with Crippen LogP contribution in [-0.4, -0.2) is 36.1 Å². The molecule has 2 unspecified atom stereocenters. The molecule has 1 saturated carbocycles. The molecular formula is C13H26N2. The van der Waals surface area contributed by atoms with E-state index in [0.29, 0.717) is 0 Å². The van der Waals surface area contributed by atoms with Gasteiger partial charge in [-0.25, -0.2) is 0 Å². The molecule has 1 heterocycles. The first-order valence-corrected chi connectivity index (χ1v) is 6.71. The average molecular weight is 210 g/mol. The summed E-state index contributed by atoms with van der Waals surface area (Å²) in [5.41, 5.74) is 0. The quantitative estimate of drug-likeness (QED) is 0.768. The zero-order valence-corrected chi connectivity index (χ0v) is 10.5. The molecule has 2 atom stereocenters. The molecule has 0 amide bonds. The van der Waals surface area contributed by atoms with Crippen molar-refractivity contribution in [2.75, 3.05) is 13.1 Å². The van der Waals surface area contributed by atoms with E-state index < -0.39 is 0 Å². The van der Waals surface area contributed by atoms with Gasteiger partial charge in [-0.2, -0.15) is 0 Å². The van der Waals surface area contributed by atoms with Crippen LogP contribution in [0.1, 0.15) is 46.5 Å². The zero-order valence-electron chi connectivity index (χ0n) is 10.5. The molecule has 2 heteroatoms. The number of hydrogen-bond donors (Lipinski definition) is 1. The minimum absolute atomic E-state index is 0.737. The largest absolute Gasteiger partial charge is 0.311 e. The standard InChI is InChI=1S/C13H26N2/c1-4-11-9-15(12-6-5-7-12)13(8-14-11)10(2)3/h10-14H,4-9H2,1-3H3. The third-order valence-corrected chi connectivity index (χ3v) is 4.28. The minimum atomic E-state index is 0.737. The van der Waals surface area contributed by atoms with Gasteiger partial charge in [-0.1, -0.05) is 27.2 Å². The Labute approximate surface area is 94.4 Å². The van der Waals surface area contributed by atoms with E-state index >= 15 is 0 Å². The maximum Gasteiger partial charge on any atom is 0.0247 e. The van der Waals surface area contributed by atoms with E-state index in [9.17, 15) is 0 Å². The van der Waals surface area contributed by atoms with Crippen LogP contribution in [0.5, 0.6) is 0 Å². The fourth-order valence-electron chi connectivity index (χ4n) is 2.89. The molecule has 2 rings (SSSR count). The predicted octanol–water partition coefficient (Wildman–Crippen LogP) is 2.25. The highest BCUT2D eigenvalue weighted by Crippen LogP contribution is 2.30. The van der Waals surface area contributed by atoms with Gasteiger partial charge in [-0.05, 0) is 25.2 Å². The lowest BCUT2D eigenvalue weighted by atomic mass is 9.86. The minimum Gasteiger partial charge on any atom is -0.311 e. The number of piperazine rings is 1. The molecule has 2 fully saturated rings. The molecule has 2 nitrogen and oxygen atoms in total. The Bertz CT molecular complexity index is 199. The van der Waals surface area contributed by atoms with Crippen molar-refractivity contribution in [2.45, 2.75) is 64.6 Å². The topological polar surface area (TPSA) is 15.3 Å². The average Bonchev–Trinajstić information content (AvgIpc) is 2.14. The van der Waals surface area contributed by atoms with Crippen molar-refractivity contribution in [3.8, 4) is 0 Å². The molecule has 0 bridgehead atoms. The lowest BCUT2D eigenvalue weighted by Crippen LogP contribution is -2.62. The molecule has 0 spiro atoms. The highest BCUT2D eigenvalue weighted by Gasteiger charge is 2.35. The van der Waals surface area contributed by atoms with E-state index in [0.717, 1.165) is 24.0 Å².